The second kappa shape index (κ2) is 5.65. The summed E-state index contributed by atoms with van der Waals surface area (Å²) in [6, 6.07) is 5.86. The van der Waals surface area contributed by atoms with Gasteiger partial charge in [-0.1, -0.05) is 13.0 Å². The molecule has 1 saturated carbocycles. The van der Waals surface area contributed by atoms with Gasteiger partial charge in [0.1, 0.15) is 0 Å². The lowest BCUT2D eigenvalue weighted by Crippen LogP contribution is -2.38. The minimum atomic E-state index is -0.858. The average molecular weight is 275 g/mol. The zero-order chi connectivity index (χ0) is 14.9. The lowest BCUT2D eigenvalue weighted by Gasteiger charge is -2.24. The molecule has 108 valence electrons. The summed E-state index contributed by atoms with van der Waals surface area (Å²) in [5.41, 5.74) is 2.88. The number of nitrogens with zero attached hydrogens (tertiary/aromatic N) is 1. The molecule has 0 aromatic heterocycles. The second-order valence-electron chi connectivity index (χ2n) is 5.73. The number of benzene rings is 1. The minimum absolute atomic E-state index is 0.0521. The third-order valence-corrected chi connectivity index (χ3v) is 3.89. The summed E-state index contributed by atoms with van der Waals surface area (Å²) >= 11 is 0. The first kappa shape index (κ1) is 14.6. The van der Waals surface area contributed by atoms with Gasteiger partial charge in [0.05, 0.1) is 5.92 Å². The Kier molecular flexibility index (Phi) is 4.12. The minimum Gasteiger partial charge on any atom is -0.481 e. The Balaban J connectivity index is 2.18. The van der Waals surface area contributed by atoms with Crippen LogP contribution in [-0.2, 0) is 4.79 Å². The quantitative estimate of drug-likeness (QED) is 0.898. The molecule has 1 aromatic carbocycles. The summed E-state index contributed by atoms with van der Waals surface area (Å²) in [5.74, 6) is -1.45. The lowest BCUT2D eigenvalue weighted by molar-refractivity contribution is -0.141. The van der Waals surface area contributed by atoms with Crippen molar-refractivity contribution in [2.24, 2.45) is 5.92 Å². The number of carboxylic acid groups (broad SMARTS) is 1. The molecule has 1 amide bonds. The number of hydrogen-bond donors (Lipinski definition) is 1. The van der Waals surface area contributed by atoms with Crippen molar-refractivity contribution in [2.45, 2.75) is 39.7 Å². The zero-order valence-corrected chi connectivity index (χ0v) is 12.2. The van der Waals surface area contributed by atoms with E-state index in [0.29, 0.717) is 5.56 Å². The molecule has 2 rings (SSSR count). The SMILES string of the molecule is Cc1ccc(C(=O)N(C[C@H](C)C(=O)O)C2CC2)cc1C. The molecule has 1 aliphatic rings. The Bertz CT molecular complexity index is 535. The van der Waals surface area contributed by atoms with Crippen molar-refractivity contribution >= 4 is 11.9 Å². The summed E-state index contributed by atoms with van der Waals surface area (Å²) in [4.78, 5) is 25.3. The maximum Gasteiger partial charge on any atom is 0.308 e. The molecule has 1 aliphatic carbocycles. The number of rotatable bonds is 5. The second-order valence-corrected chi connectivity index (χ2v) is 5.73. The molecule has 0 unspecified atom stereocenters. The zero-order valence-electron chi connectivity index (χ0n) is 12.2. The standard InChI is InChI=1S/C16H21NO3/c1-10-4-5-13(8-11(10)2)15(18)17(14-6-7-14)9-12(3)16(19)20/h4-5,8,12,14H,6-7,9H2,1-3H3,(H,19,20)/t12-/m0/s1. The van der Waals surface area contributed by atoms with Crippen molar-refractivity contribution in [2.75, 3.05) is 6.54 Å². The van der Waals surface area contributed by atoms with E-state index < -0.39 is 11.9 Å². The molecular formula is C16H21NO3. The topological polar surface area (TPSA) is 57.6 Å². The van der Waals surface area contributed by atoms with Gasteiger partial charge in [-0.05, 0) is 49.9 Å². The largest absolute Gasteiger partial charge is 0.481 e. The number of carbonyl (C=O) groups is 2. The van der Waals surface area contributed by atoms with Crippen LogP contribution in [0.2, 0.25) is 0 Å². The van der Waals surface area contributed by atoms with Crippen molar-refractivity contribution in [3.8, 4) is 0 Å². The molecule has 4 nitrogen and oxygen atoms in total. The van der Waals surface area contributed by atoms with Crippen LogP contribution in [0.4, 0.5) is 0 Å². The fourth-order valence-electron chi connectivity index (χ4n) is 2.20. The lowest BCUT2D eigenvalue weighted by atomic mass is 10.0. The Morgan fingerprint density at radius 1 is 1.30 bits per heavy atom. The Morgan fingerprint density at radius 3 is 2.45 bits per heavy atom. The number of amides is 1. The third kappa shape index (κ3) is 3.18. The molecule has 1 N–H and O–H groups in total. The summed E-state index contributed by atoms with van der Waals surface area (Å²) in [6.07, 6.45) is 1.95. The monoisotopic (exact) mass is 275 g/mol. The molecule has 4 heteroatoms. The highest BCUT2D eigenvalue weighted by atomic mass is 16.4. The molecule has 0 aliphatic heterocycles. The van der Waals surface area contributed by atoms with E-state index in [0.717, 1.165) is 24.0 Å². The summed E-state index contributed by atoms with van der Waals surface area (Å²) < 4.78 is 0. The van der Waals surface area contributed by atoms with E-state index in [1.807, 2.05) is 32.0 Å². The van der Waals surface area contributed by atoms with Gasteiger partial charge in [0, 0.05) is 18.2 Å². The molecule has 1 fully saturated rings. The van der Waals surface area contributed by atoms with Crippen LogP contribution in [0, 0.1) is 19.8 Å². The number of carboxylic acids is 1. The first-order chi connectivity index (χ1) is 9.40. The molecule has 1 atom stereocenters. The first-order valence-electron chi connectivity index (χ1n) is 7.01. The highest BCUT2D eigenvalue weighted by Gasteiger charge is 2.34. The van der Waals surface area contributed by atoms with Crippen molar-refractivity contribution in [3.05, 3.63) is 34.9 Å². The van der Waals surface area contributed by atoms with Crippen molar-refractivity contribution < 1.29 is 14.7 Å². The van der Waals surface area contributed by atoms with Crippen LogP contribution >= 0.6 is 0 Å². The van der Waals surface area contributed by atoms with E-state index in [2.05, 4.69) is 0 Å². The van der Waals surface area contributed by atoms with Gasteiger partial charge in [0.15, 0.2) is 0 Å². The molecule has 0 bridgehead atoms. The van der Waals surface area contributed by atoms with E-state index in [4.69, 9.17) is 5.11 Å². The van der Waals surface area contributed by atoms with Gasteiger partial charge in [0.25, 0.3) is 5.91 Å². The number of carbonyl (C=O) groups excluding carboxylic acids is 1. The molecule has 0 saturated heterocycles. The predicted molar refractivity (Wildman–Crippen MR) is 76.8 cm³/mol. The van der Waals surface area contributed by atoms with E-state index in [-0.39, 0.29) is 18.5 Å². The van der Waals surface area contributed by atoms with Gasteiger partial charge in [-0.15, -0.1) is 0 Å². The molecule has 0 radical (unpaired) electrons. The van der Waals surface area contributed by atoms with Gasteiger partial charge in [-0.25, -0.2) is 0 Å². The van der Waals surface area contributed by atoms with Crippen LogP contribution in [0.5, 0.6) is 0 Å². The Morgan fingerprint density at radius 2 is 1.95 bits per heavy atom. The van der Waals surface area contributed by atoms with E-state index >= 15 is 0 Å². The van der Waals surface area contributed by atoms with Gasteiger partial charge in [-0.3, -0.25) is 9.59 Å². The van der Waals surface area contributed by atoms with E-state index in [1.165, 1.54) is 0 Å². The summed E-state index contributed by atoms with van der Waals surface area (Å²) in [6.45, 7) is 5.92. The molecule has 0 heterocycles. The maximum absolute atomic E-state index is 12.6. The molecule has 20 heavy (non-hydrogen) atoms. The van der Waals surface area contributed by atoms with Gasteiger partial charge >= 0.3 is 5.97 Å². The van der Waals surface area contributed by atoms with Crippen LogP contribution in [0.1, 0.15) is 41.3 Å². The highest BCUT2D eigenvalue weighted by Crippen LogP contribution is 2.29. The van der Waals surface area contributed by atoms with Crippen molar-refractivity contribution in [3.63, 3.8) is 0 Å². The average Bonchev–Trinajstić information content (AvgIpc) is 3.22. The normalized spacial score (nSPS) is 15.8. The smallest absolute Gasteiger partial charge is 0.308 e. The predicted octanol–water partition coefficient (Wildman–Crippen LogP) is 2.63. The Labute approximate surface area is 119 Å². The summed E-state index contributed by atoms with van der Waals surface area (Å²) in [7, 11) is 0. The fraction of sp³-hybridized carbons (Fsp3) is 0.500. The van der Waals surface area contributed by atoms with Gasteiger partial charge in [0.2, 0.25) is 0 Å². The Hall–Kier alpha value is -1.84. The first-order valence-corrected chi connectivity index (χ1v) is 7.01. The molecular weight excluding hydrogens is 254 g/mol. The van der Waals surface area contributed by atoms with Gasteiger partial charge < -0.3 is 10.0 Å². The molecule has 1 aromatic rings. The van der Waals surface area contributed by atoms with Crippen LogP contribution in [0.25, 0.3) is 0 Å². The van der Waals surface area contributed by atoms with E-state index in [9.17, 15) is 9.59 Å². The van der Waals surface area contributed by atoms with Crippen LogP contribution < -0.4 is 0 Å². The maximum atomic E-state index is 12.6. The fourth-order valence-corrected chi connectivity index (χ4v) is 2.20. The molecule has 0 spiro atoms. The van der Waals surface area contributed by atoms with Crippen LogP contribution in [0.15, 0.2) is 18.2 Å². The number of aliphatic carboxylic acids is 1. The third-order valence-electron chi connectivity index (χ3n) is 3.89. The number of hydrogen-bond acceptors (Lipinski definition) is 2. The van der Waals surface area contributed by atoms with E-state index in [1.54, 1.807) is 11.8 Å². The van der Waals surface area contributed by atoms with Crippen molar-refractivity contribution in [1.82, 2.24) is 4.90 Å². The van der Waals surface area contributed by atoms with Crippen LogP contribution in [-0.4, -0.2) is 34.5 Å². The van der Waals surface area contributed by atoms with Gasteiger partial charge in [-0.2, -0.15) is 0 Å². The van der Waals surface area contributed by atoms with Crippen LogP contribution in [0.3, 0.4) is 0 Å². The number of aryl methyl sites for hydroxylation is 2. The van der Waals surface area contributed by atoms with Crippen molar-refractivity contribution in [1.29, 1.82) is 0 Å². The summed E-state index contributed by atoms with van der Waals surface area (Å²) in [5, 5.41) is 9.03. The highest BCUT2D eigenvalue weighted by molar-refractivity contribution is 5.95.